The third kappa shape index (κ3) is 8.16. The summed E-state index contributed by atoms with van der Waals surface area (Å²) in [6.45, 7) is 7.13. The number of halogens is 2. The predicted octanol–water partition coefficient (Wildman–Crippen LogP) is 7.96. The first-order valence-electron chi connectivity index (χ1n) is 13.7. The van der Waals surface area contributed by atoms with Crippen molar-refractivity contribution in [3.8, 4) is 0 Å². The summed E-state index contributed by atoms with van der Waals surface area (Å²) in [5, 5.41) is 0. The minimum absolute atomic E-state index is 0.0820. The average molecular weight is 511 g/mol. The maximum atomic E-state index is 13.8. The Kier molecular flexibility index (Phi) is 10.2. The fourth-order valence-corrected chi connectivity index (χ4v) is 5.40. The molecule has 2 unspecified atom stereocenters. The average Bonchev–Trinajstić information content (AvgIpc) is 2.96. The van der Waals surface area contributed by atoms with Crippen molar-refractivity contribution in [1.82, 2.24) is 0 Å². The molecular formula is C32H40F2O3. The van der Waals surface area contributed by atoms with Crippen LogP contribution in [-0.2, 0) is 14.2 Å². The van der Waals surface area contributed by atoms with Crippen molar-refractivity contribution in [2.24, 2.45) is 11.8 Å². The molecule has 200 valence electrons. The Balaban J connectivity index is 1.15. The van der Waals surface area contributed by atoms with Crippen LogP contribution in [0.15, 0.2) is 97.6 Å². The number of allylic oxidation sites excluding steroid dienone is 8. The first kappa shape index (κ1) is 27.4. The van der Waals surface area contributed by atoms with Gasteiger partial charge in [-0.25, -0.2) is 8.78 Å². The standard InChI is InChI=1S/C32H40F2O3/c1-3-31(33)25-9-17-27(18-10-25)35-21-23-5-13-29(14-6-23)37-30-15-7-24(8-16-30)22-36-28-19-11-26(12-20-28)32(34)4-2/h3-8,13-16,21-22,25-32H,1-2,9-12,17-20H2. The van der Waals surface area contributed by atoms with Crippen molar-refractivity contribution in [2.75, 3.05) is 0 Å². The van der Waals surface area contributed by atoms with E-state index in [1.807, 2.05) is 48.6 Å². The molecule has 0 spiro atoms. The summed E-state index contributed by atoms with van der Waals surface area (Å²) in [6, 6.07) is 0. The van der Waals surface area contributed by atoms with Gasteiger partial charge in [0.2, 0.25) is 0 Å². The summed E-state index contributed by atoms with van der Waals surface area (Å²) < 4.78 is 45.6. The topological polar surface area (TPSA) is 27.7 Å². The Hall–Kier alpha value is -2.66. The number of hydrogen-bond donors (Lipinski definition) is 0. The number of ether oxygens (including phenoxy) is 3. The Morgan fingerprint density at radius 2 is 0.973 bits per heavy atom. The van der Waals surface area contributed by atoms with Gasteiger partial charge in [-0.05, 0) is 63.2 Å². The predicted molar refractivity (Wildman–Crippen MR) is 145 cm³/mol. The Morgan fingerprint density at radius 3 is 1.30 bits per heavy atom. The van der Waals surface area contributed by atoms with Crippen molar-refractivity contribution in [3.05, 3.63) is 97.6 Å². The summed E-state index contributed by atoms with van der Waals surface area (Å²) in [6.07, 6.45) is 27.7. The molecular weight excluding hydrogens is 470 g/mol. The zero-order valence-corrected chi connectivity index (χ0v) is 21.6. The van der Waals surface area contributed by atoms with Crippen LogP contribution in [0.4, 0.5) is 8.78 Å². The van der Waals surface area contributed by atoms with Crippen molar-refractivity contribution >= 4 is 0 Å². The first-order valence-corrected chi connectivity index (χ1v) is 13.7. The Labute approximate surface area is 220 Å². The van der Waals surface area contributed by atoms with Crippen molar-refractivity contribution in [3.63, 3.8) is 0 Å². The number of alkyl halides is 2. The van der Waals surface area contributed by atoms with Gasteiger partial charge in [-0.3, -0.25) is 0 Å². The second kappa shape index (κ2) is 13.8. The summed E-state index contributed by atoms with van der Waals surface area (Å²) in [5.41, 5.74) is 1.99. The van der Waals surface area contributed by atoms with Gasteiger partial charge >= 0.3 is 0 Å². The SMILES string of the molecule is C=CC(F)C1CCC(OC=C2C=CC(OC3C=CC(=COC4CCC(C(F)C=C)CC4)C=C3)C=C2)CC1. The lowest BCUT2D eigenvalue weighted by Crippen LogP contribution is -2.25. The van der Waals surface area contributed by atoms with E-state index in [1.54, 1.807) is 12.5 Å². The van der Waals surface area contributed by atoms with Gasteiger partial charge in [-0.2, -0.15) is 0 Å². The van der Waals surface area contributed by atoms with E-state index in [4.69, 9.17) is 14.2 Å². The molecule has 0 N–H and O–H groups in total. The van der Waals surface area contributed by atoms with Gasteiger partial charge in [-0.15, -0.1) is 13.2 Å². The van der Waals surface area contributed by atoms with Crippen molar-refractivity contribution < 1.29 is 23.0 Å². The van der Waals surface area contributed by atoms with Crippen LogP contribution in [0.5, 0.6) is 0 Å². The van der Waals surface area contributed by atoms with Crippen molar-refractivity contribution in [1.29, 1.82) is 0 Å². The van der Waals surface area contributed by atoms with Crippen LogP contribution in [0.25, 0.3) is 0 Å². The molecule has 0 amide bonds. The molecule has 37 heavy (non-hydrogen) atoms. The molecule has 4 rings (SSSR count). The lowest BCUT2D eigenvalue weighted by Gasteiger charge is -2.29. The molecule has 0 aromatic rings. The van der Waals surface area contributed by atoms with E-state index < -0.39 is 12.3 Å². The lowest BCUT2D eigenvalue weighted by molar-refractivity contribution is 0.0727. The quantitative estimate of drug-likeness (QED) is 0.220. The Bertz CT molecular complexity index is 835. The largest absolute Gasteiger partial charge is 0.497 e. The van der Waals surface area contributed by atoms with Gasteiger partial charge in [0, 0.05) is 11.1 Å². The zero-order chi connectivity index (χ0) is 26.0. The zero-order valence-electron chi connectivity index (χ0n) is 21.6. The molecule has 0 aliphatic heterocycles. The fourth-order valence-electron chi connectivity index (χ4n) is 5.40. The van der Waals surface area contributed by atoms with Crippen LogP contribution in [0.1, 0.15) is 51.4 Å². The van der Waals surface area contributed by atoms with E-state index in [2.05, 4.69) is 13.2 Å². The highest BCUT2D eigenvalue weighted by Gasteiger charge is 2.27. The van der Waals surface area contributed by atoms with Crippen molar-refractivity contribution in [2.45, 2.75) is 88.1 Å². The van der Waals surface area contributed by atoms with Crippen LogP contribution >= 0.6 is 0 Å². The van der Waals surface area contributed by atoms with Crippen LogP contribution in [0.3, 0.4) is 0 Å². The smallest absolute Gasteiger partial charge is 0.121 e. The molecule has 2 atom stereocenters. The van der Waals surface area contributed by atoms with Crippen LogP contribution < -0.4 is 0 Å². The second-order valence-electron chi connectivity index (χ2n) is 10.4. The van der Waals surface area contributed by atoms with Crippen LogP contribution in [0.2, 0.25) is 0 Å². The fraction of sp³-hybridized carbons (Fsp3) is 0.500. The van der Waals surface area contributed by atoms with Gasteiger partial charge in [0.05, 0.1) is 36.9 Å². The molecule has 0 saturated heterocycles. The normalized spacial score (nSPS) is 32.9. The second-order valence-corrected chi connectivity index (χ2v) is 10.4. The highest BCUT2D eigenvalue weighted by molar-refractivity contribution is 5.37. The molecule has 0 aromatic heterocycles. The van der Waals surface area contributed by atoms with Gasteiger partial charge in [0.1, 0.15) is 12.3 Å². The van der Waals surface area contributed by atoms with E-state index in [1.165, 1.54) is 12.2 Å². The molecule has 2 saturated carbocycles. The minimum Gasteiger partial charge on any atom is -0.497 e. The van der Waals surface area contributed by atoms with Gasteiger partial charge in [0.25, 0.3) is 0 Å². The number of hydrogen-bond acceptors (Lipinski definition) is 3. The molecule has 4 aliphatic rings. The summed E-state index contributed by atoms with van der Waals surface area (Å²) >= 11 is 0. The lowest BCUT2D eigenvalue weighted by atomic mass is 9.84. The molecule has 0 radical (unpaired) electrons. The highest BCUT2D eigenvalue weighted by atomic mass is 19.1. The maximum Gasteiger partial charge on any atom is 0.121 e. The summed E-state index contributed by atoms with van der Waals surface area (Å²) in [5.74, 6) is 0.164. The monoisotopic (exact) mass is 510 g/mol. The van der Waals surface area contributed by atoms with Crippen LogP contribution in [0, 0.1) is 11.8 Å². The van der Waals surface area contributed by atoms with Gasteiger partial charge in [0.15, 0.2) is 0 Å². The molecule has 4 aliphatic carbocycles. The first-order chi connectivity index (χ1) is 18.0. The minimum atomic E-state index is -0.907. The highest BCUT2D eigenvalue weighted by Crippen LogP contribution is 2.32. The molecule has 0 aromatic carbocycles. The van der Waals surface area contributed by atoms with E-state index in [0.29, 0.717) is 0 Å². The van der Waals surface area contributed by atoms with Gasteiger partial charge < -0.3 is 14.2 Å². The van der Waals surface area contributed by atoms with E-state index in [0.717, 1.165) is 62.5 Å². The molecule has 2 fully saturated rings. The molecule has 0 bridgehead atoms. The van der Waals surface area contributed by atoms with E-state index >= 15 is 0 Å². The van der Waals surface area contributed by atoms with E-state index in [9.17, 15) is 8.78 Å². The third-order valence-electron chi connectivity index (χ3n) is 7.81. The maximum absolute atomic E-state index is 13.8. The van der Waals surface area contributed by atoms with E-state index in [-0.39, 0.29) is 36.3 Å². The summed E-state index contributed by atoms with van der Waals surface area (Å²) in [7, 11) is 0. The third-order valence-corrected chi connectivity index (χ3v) is 7.81. The molecule has 3 nitrogen and oxygen atoms in total. The number of rotatable bonds is 10. The summed E-state index contributed by atoms with van der Waals surface area (Å²) in [4.78, 5) is 0. The Morgan fingerprint density at radius 1 is 0.622 bits per heavy atom. The molecule has 0 heterocycles. The van der Waals surface area contributed by atoms with Gasteiger partial charge in [-0.1, -0.05) is 60.8 Å². The molecule has 5 heteroatoms. The van der Waals surface area contributed by atoms with Crippen LogP contribution in [-0.4, -0.2) is 36.8 Å².